The Morgan fingerprint density at radius 2 is 1.56 bits per heavy atom. The number of benzene rings is 4. The number of anilines is 1. The van der Waals surface area contributed by atoms with Crippen LogP contribution >= 0.6 is 0 Å². The van der Waals surface area contributed by atoms with Crippen LogP contribution in [0.25, 0.3) is 11.0 Å². The fourth-order valence-corrected chi connectivity index (χ4v) is 5.16. The maximum atomic E-state index is 14.0. The summed E-state index contributed by atoms with van der Waals surface area (Å²) < 4.78 is 17.3. The molecule has 0 radical (unpaired) electrons. The monoisotopic (exact) mass is 545 g/mol. The molecule has 7 nitrogen and oxygen atoms in total. The molecular formula is C34H27NO6. The smallest absolute Gasteiger partial charge is 0.338 e. The van der Waals surface area contributed by atoms with Crippen LogP contribution in [0.4, 0.5) is 5.69 Å². The van der Waals surface area contributed by atoms with E-state index in [9.17, 15) is 14.4 Å². The molecule has 1 aromatic heterocycles. The van der Waals surface area contributed by atoms with Crippen molar-refractivity contribution in [1.82, 2.24) is 0 Å². The Hall–Kier alpha value is -5.17. The Morgan fingerprint density at radius 3 is 2.29 bits per heavy atom. The molecule has 2 heterocycles. The van der Waals surface area contributed by atoms with Gasteiger partial charge in [-0.25, -0.2) is 4.79 Å². The molecule has 0 spiro atoms. The van der Waals surface area contributed by atoms with Crippen LogP contribution in [0.2, 0.25) is 0 Å². The van der Waals surface area contributed by atoms with E-state index in [-0.39, 0.29) is 23.4 Å². The third-order valence-electron chi connectivity index (χ3n) is 7.30. The minimum Gasteiger partial charge on any atom is -0.462 e. The average Bonchev–Trinajstić information content (AvgIpc) is 3.27. The highest BCUT2D eigenvalue weighted by Crippen LogP contribution is 2.42. The van der Waals surface area contributed by atoms with Crippen LogP contribution in [0.15, 0.2) is 100 Å². The Morgan fingerprint density at radius 1 is 0.854 bits per heavy atom. The first-order chi connectivity index (χ1) is 19.9. The number of aryl methyl sites for hydroxylation is 2. The lowest BCUT2D eigenvalue weighted by Crippen LogP contribution is -2.29. The summed E-state index contributed by atoms with van der Waals surface area (Å²) in [5.41, 5.74) is 3.82. The predicted octanol–water partition coefficient (Wildman–Crippen LogP) is 7.13. The van der Waals surface area contributed by atoms with Crippen molar-refractivity contribution < 1.29 is 23.5 Å². The van der Waals surface area contributed by atoms with Gasteiger partial charge in [0, 0.05) is 5.69 Å². The number of carbonyl (C=O) groups is 2. The van der Waals surface area contributed by atoms with Crippen molar-refractivity contribution in [2.24, 2.45) is 0 Å². The molecule has 204 valence electrons. The number of amides is 1. The van der Waals surface area contributed by atoms with E-state index in [2.05, 4.69) is 0 Å². The quantitative estimate of drug-likeness (QED) is 0.211. The van der Waals surface area contributed by atoms with Crippen LogP contribution in [0.5, 0.6) is 11.5 Å². The molecule has 0 saturated carbocycles. The second-order valence-corrected chi connectivity index (χ2v) is 9.94. The summed E-state index contributed by atoms with van der Waals surface area (Å²) in [7, 11) is 0. The van der Waals surface area contributed by atoms with Gasteiger partial charge >= 0.3 is 5.97 Å². The molecule has 41 heavy (non-hydrogen) atoms. The van der Waals surface area contributed by atoms with E-state index in [1.54, 1.807) is 37.3 Å². The summed E-state index contributed by atoms with van der Waals surface area (Å²) in [5, 5.41) is 0.417. The van der Waals surface area contributed by atoms with Crippen LogP contribution in [0.3, 0.4) is 0 Å². The van der Waals surface area contributed by atoms with E-state index in [0.717, 1.165) is 11.1 Å². The first-order valence-electron chi connectivity index (χ1n) is 13.4. The first kappa shape index (κ1) is 26.1. The Balaban J connectivity index is 1.52. The molecule has 0 saturated heterocycles. The molecule has 0 fully saturated rings. The lowest BCUT2D eigenvalue weighted by atomic mass is 9.97. The predicted molar refractivity (Wildman–Crippen MR) is 156 cm³/mol. The number of hydrogen-bond acceptors (Lipinski definition) is 6. The molecule has 1 atom stereocenters. The van der Waals surface area contributed by atoms with Crippen LogP contribution in [-0.2, 0) is 4.74 Å². The van der Waals surface area contributed by atoms with Gasteiger partial charge in [0.2, 0.25) is 5.76 Å². The van der Waals surface area contributed by atoms with Crippen LogP contribution in [0.1, 0.15) is 56.1 Å². The largest absolute Gasteiger partial charge is 0.462 e. The molecule has 0 bridgehead atoms. The van der Waals surface area contributed by atoms with Crippen LogP contribution in [-0.4, -0.2) is 18.5 Å². The van der Waals surface area contributed by atoms with Crippen molar-refractivity contribution in [3.05, 3.63) is 135 Å². The fourth-order valence-electron chi connectivity index (χ4n) is 5.16. The molecule has 6 rings (SSSR count). The topological polar surface area (TPSA) is 86.0 Å². The molecule has 1 amide bonds. The van der Waals surface area contributed by atoms with Gasteiger partial charge in [-0.05, 0) is 98.1 Å². The third kappa shape index (κ3) is 4.65. The van der Waals surface area contributed by atoms with E-state index in [1.807, 2.05) is 74.5 Å². The molecule has 1 aliphatic rings. The molecule has 1 unspecified atom stereocenters. The minimum atomic E-state index is -0.785. The summed E-state index contributed by atoms with van der Waals surface area (Å²) in [5.74, 6) is 0.325. The van der Waals surface area contributed by atoms with Crippen molar-refractivity contribution >= 4 is 28.5 Å². The highest BCUT2D eigenvalue weighted by atomic mass is 16.5. The number of esters is 1. The number of nitrogens with zero attached hydrogens (tertiary/aromatic N) is 1. The standard InChI is InChI=1S/C34H27NO6/c1-4-39-34(38)22-13-15-24(16-14-22)35-30(23-9-8-12-26(19-23)40-25-10-6-5-7-11-25)29-31(36)27-17-20(2)21(3)18-28(27)41-32(29)33(35)37/h5-19,30H,4H2,1-3H3. The zero-order chi connectivity index (χ0) is 28.7. The van der Waals surface area contributed by atoms with Gasteiger partial charge in [-0.2, -0.15) is 0 Å². The molecular weight excluding hydrogens is 518 g/mol. The zero-order valence-electron chi connectivity index (χ0n) is 22.8. The molecule has 0 aliphatic carbocycles. The Kier molecular flexibility index (Phi) is 6.63. The van der Waals surface area contributed by atoms with Gasteiger partial charge in [0.25, 0.3) is 5.91 Å². The van der Waals surface area contributed by atoms with Gasteiger partial charge in [0.1, 0.15) is 17.1 Å². The van der Waals surface area contributed by atoms with Gasteiger partial charge in [-0.15, -0.1) is 0 Å². The Bertz CT molecular complexity index is 1860. The lowest BCUT2D eigenvalue weighted by Gasteiger charge is -2.25. The van der Waals surface area contributed by atoms with Crippen molar-refractivity contribution in [1.29, 1.82) is 0 Å². The maximum absolute atomic E-state index is 14.0. The second kappa shape index (κ2) is 10.4. The Labute approximate surface area is 236 Å². The average molecular weight is 546 g/mol. The number of rotatable bonds is 6. The number of hydrogen-bond donors (Lipinski definition) is 0. The minimum absolute atomic E-state index is 0.000367. The lowest BCUT2D eigenvalue weighted by molar-refractivity contribution is 0.0526. The summed E-state index contributed by atoms with van der Waals surface area (Å²) in [6, 6.07) is 26.1. The van der Waals surface area contributed by atoms with Crippen molar-refractivity contribution in [2.45, 2.75) is 26.8 Å². The van der Waals surface area contributed by atoms with E-state index in [1.165, 1.54) is 4.90 Å². The summed E-state index contributed by atoms with van der Waals surface area (Å²) in [6.07, 6.45) is 0. The van der Waals surface area contributed by atoms with Gasteiger partial charge in [-0.1, -0.05) is 30.3 Å². The first-order valence-corrected chi connectivity index (χ1v) is 13.4. The number of fused-ring (bicyclic) bond motifs is 2. The molecule has 7 heteroatoms. The normalized spacial score (nSPS) is 14.3. The van der Waals surface area contributed by atoms with Crippen molar-refractivity contribution in [3.8, 4) is 11.5 Å². The number of carbonyl (C=O) groups excluding carboxylic acids is 2. The maximum Gasteiger partial charge on any atom is 0.338 e. The van der Waals surface area contributed by atoms with Crippen molar-refractivity contribution in [3.63, 3.8) is 0 Å². The van der Waals surface area contributed by atoms with Crippen LogP contribution < -0.4 is 15.1 Å². The molecule has 1 aliphatic heterocycles. The fraction of sp³-hybridized carbons (Fsp3) is 0.147. The van der Waals surface area contributed by atoms with E-state index >= 15 is 0 Å². The van der Waals surface area contributed by atoms with Crippen LogP contribution in [0, 0.1) is 13.8 Å². The number of para-hydroxylation sites is 1. The summed E-state index contributed by atoms with van der Waals surface area (Å²) >= 11 is 0. The summed E-state index contributed by atoms with van der Waals surface area (Å²) in [6.45, 7) is 5.86. The summed E-state index contributed by atoms with van der Waals surface area (Å²) in [4.78, 5) is 41.8. The molecule has 4 aromatic carbocycles. The number of ether oxygens (including phenoxy) is 2. The van der Waals surface area contributed by atoms with E-state index < -0.39 is 17.9 Å². The zero-order valence-corrected chi connectivity index (χ0v) is 22.8. The van der Waals surface area contributed by atoms with E-state index in [4.69, 9.17) is 13.9 Å². The molecule has 0 N–H and O–H groups in total. The second-order valence-electron chi connectivity index (χ2n) is 9.94. The van der Waals surface area contributed by atoms with Gasteiger partial charge in [0.15, 0.2) is 5.43 Å². The SMILES string of the molecule is CCOC(=O)c1ccc(N2C(=O)c3oc4cc(C)c(C)cc4c(=O)c3C2c2cccc(Oc3ccccc3)c2)cc1. The third-order valence-corrected chi connectivity index (χ3v) is 7.30. The highest BCUT2D eigenvalue weighted by molar-refractivity contribution is 6.11. The van der Waals surface area contributed by atoms with Crippen molar-refractivity contribution in [2.75, 3.05) is 11.5 Å². The van der Waals surface area contributed by atoms with Gasteiger partial charge < -0.3 is 13.9 Å². The van der Waals surface area contributed by atoms with Gasteiger partial charge in [0.05, 0.1) is 29.2 Å². The van der Waals surface area contributed by atoms with Gasteiger partial charge in [-0.3, -0.25) is 14.5 Å². The molecule has 5 aromatic rings. The van der Waals surface area contributed by atoms with E-state index in [0.29, 0.717) is 39.3 Å². The highest BCUT2D eigenvalue weighted by Gasteiger charge is 2.44.